The molecule has 0 saturated heterocycles. The van der Waals surface area contributed by atoms with E-state index in [0.29, 0.717) is 24.6 Å². The Hall–Kier alpha value is -1.85. The second kappa shape index (κ2) is 5.20. The number of carbonyl (C=O) groups excluding carboxylic acids is 1. The zero-order valence-electron chi connectivity index (χ0n) is 10.3. The van der Waals surface area contributed by atoms with Gasteiger partial charge in [0.15, 0.2) is 0 Å². The standard InChI is InChI=1S/C12H17N3O3/c1-15-10(8-4-5-8)7-9(14-15)12(18)13-6-2-3-11(16)17/h7-8H,2-6H2,1H3,(H,13,18)(H,16,17). The Kier molecular flexibility index (Phi) is 3.64. The van der Waals surface area contributed by atoms with Crippen molar-refractivity contribution in [3.05, 3.63) is 17.5 Å². The maximum atomic E-state index is 11.8. The molecule has 1 aromatic heterocycles. The van der Waals surface area contributed by atoms with Crippen LogP contribution in [0, 0.1) is 0 Å². The van der Waals surface area contributed by atoms with Gasteiger partial charge in [-0.15, -0.1) is 0 Å². The number of nitrogens with zero attached hydrogens (tertiary/aromatic N) is 2. The Bertz CT molecular complexity index is 463. The summed E-state index contributed by atoms with van der Waals surface area (Å²) in [5, 5.41) is 15.3. The van der Waals surface area contributed by atoms with E-state index in [-0.39, 0.29) is 12.3 Å². The zero-order chi connectivity index (χ0) is 13.1. The maximum absolute atomic E-state index is 11.8. The second-order valence-corrected chi connectivity index (χ2v) is 4.61. The average Bonchev–Trinajstić information content (AvgIpc) is 3.08. The minimum absolute atomic E-state index is 0.0653. The Morgan fingerprint density at radius 3 is 2.89 bits per heavy atom. The first-order chi connectivity index (χ1) is 8.58. The summed E-state index contributed by atoms with van der Waals surface area (Å²) < 4.78 is 1.75. The van der Waals surface area contributed by atoms with Crippen LogP contribution in [-0.2, 0) is 11.8 Å². The number of aliphatic carboxylic acids is 1. The van der Waals surface area contributed by atoms with E-state index in [0.717, 1.165) is 5.69 Å². The molecule has 6 heteroatoms. The average molecular weight is 251 g/mol. The quantitative estimate of drug-likeness (QED) is 0.735. The van der Waals surface area contributed by atoms with Gasteiger partial charge in [0.2, 0.25) is 0 Å². The van der Waals surface area contributed by atoms with Crippen molar-refractivity contribution in [3.8, 4) is 0 Å². The lowest BCUT2D eigenvalue weighted by molar-refractivity contribution is -0.137. The van der Waals surface area contributed by atoms with Gasteiger partial charge in [0.1, 0.15) is 5.69 Å². The highest BCUT2D eigenvalue weighted by Gasteiger charge is 2.28. The Morgan fingerprint density at radius 2 is 2.28 bits per heavy atom. The lowest BCUT2D eigenvalue weighted by Gasteiger charge is -2.00. The van der Waals surface area contributed by atoms with E-state index in [1.54, 1.807) is 4.68 Å². The number of aryl methyl sites for hydroxylation is 1. The number of aromatic nitrogens is 2. The molecule has 2 N–H and O–H groups in total. The van der Waals surface area contributed by atoms with Crippen LogP contribution in [0.5, 0.6) is 0 Å². The van der Waals surface area contributed by atoms with Crippen LogP contribution in [-0.4, -0.2) is 33.3 Å². The van der Waals surface area contributed by atoms with Crippen LogP contribution in [0.4, 0.5) is 0 Å². The van der Waals surface area contributed by atoms with Crippen molar-refractivity contribution in [1.82, 2.24) is 15.1 Å². The molecule has 1 aromatic rings. The Balaban J connectivity index is 1.84. The number of carboxylic acid groups (broad SMARTS) is 1. The van der Waals surface area contributed by atoms with Crippen molar-refractivity contribution < 1.29 is 14.7 Å². The number of rotatable bonds is 6. The van der Waals surface area contributed by atoms with Crippen LogP contribution in [0.25, 0.3) is 0 Å². The number of amides is 1. The Labute approximate surface area is 105 Å². The molecule has 2 rings (SSSR count). The van der Waals surface area contributed by atoms with E-state index < -0.39 is 5.97 Å². The van der Waals surface area contributed by atoms with Gasteiger partial charge in [-0.3, -0.25) is 14.3 Å². The van der Waals surface area contributed by atoms with E-state index in [2.05, 4.69) is 10.4 Å². The summed E-state index contributed by atoms with van der Waals surface area (Å²) >= 11 is 0. The fourth-order valence-corrected chi connectivity index (χ4v) is 1.89. The molecular formula is C12H17N3O3. The molecule has 18 heavy (non-hydrogen) atoms. The third-order valence-electron chi connectivity index (χ3n) is 3.00. The van der Waals surface area contributed by atoms with E-state index in [4.69, 9.17) is 5.11 Å². The molecule has 0 radical (unpaired) electrons. The van der Waals surface area contributed by atoms with Crippen LogP contribution in [0.2, 0.25) is 0 Å². The fraction of sp³-hybridized carbons (Fsp3) is 0.583. The molecule has 0 unspecified atom stereocenters. The van der Waals surface area contributed by atoms with Gasteiger partial charge in [0.25, 0.3) is 5.91 Å². The second-order valence-electron chi connectivity index (χ2n) is 4.61. The first kappa shape index (κ1) is 12.6. The highest BCUT2D eigenvalue weighted by atomic mass is 16.4. The van der Waals surface area contributed by atoms with Crippen molar-refractivity contribution in [2.45, 2.75) is 31.6 Å². The van der Waals surface area contributed by atoms with Crippen molar-refractivity contribution in [2.24, 2.45) is 7.05 Å². The topological polar surface area (TPSA) is 84.2 Å². The lowest BCUT2D eigenvalue weighted by Crippen LogP contribution is -2.25. The smallest absolute Gasteiger partial charge is 0.303 e. The molecule has 1 heterocycles. The van der Waals surface area contributed by atoms with Gasteiger partial charge in [-0.1, -0.05) is 0 Å². The molecule has 0 aromatic carbocycles. The summed E-state index contributed by atoms with van der Waals surface area (Å²) in [5.41, 5.74) is 1.51. The van der Waals surface area contributed by atoms with Crippen molar-refractivity contribution in [3.63, 3.8) is 0 Å². The number of hydrogen-bond donors (Lipinski definition) is 2. The SMILES string of the molecule is Cn1nc(C(=O)NCCCC(=O)O)cc1C1CC1. The van der Waals surface area contributed by atoms with Gasteiger partial charge in [-0.2, -0.15) is 5.10 Å². The van der Waals surface area contributed by atoms with Crippen LogP contribution < -0.4 is 5.32 Å². The summed E-state index contributed by atoms with van der Waals surface area (Å²) in [5.74, 6) is -0.531. The minimum Gasteiger partial charge on any atom is -0.481 e. The molecule has 1 saturated carbocycles. The number of carbonyl (C=O) groups is 2. The van der Waals surface area contributed by atoms with E-state index in [1.807, 2.05) is 13.1 Å². The molecule has 1 aliphatic rings. The van der Waals surface area contributed by atoms with Crippen molar-refractivity contribution in [1.29, 1.82) is 0 Å². The van der Waals surface area contributed by atoms with E-state index in [1.165, 1.54) is 12.8 Å². The third-order valence-corrected chi connectivity index (χ3v) is 3.00. The van der Waals surface area contributed by atoms with Gasteiger partial charge >= 0.3 is 5.97 Å². The monoisotopic (exact) mass is 251 g/mol. The summed E-state index contributed by atoms with van der Waals surface area (Å²) in [6, 6.07) is 1.82. The van der Waals surface area contributed by atoms with Gasteiger partial charge in [0, 0.05) is 31.6 Å². The maximum Gasteiger partial charge on any atom is 0.303 e. The largest absolute Gasteiger partial charge is 0.481 e. The molecule has 0 aliphatic heterocycles. The van der Waals surface area contributed by atoms with Crippen LogP contribution >= 0.6 is 0 Å². The minimum atomic E-state index is -0.849. The molecule has 1 fully saturated rings. The molecule has 1 aliphatic carbocycles. The van der Waals surface area contributed by atoms with Crippen LogP contribution in [0.15, 0.2) is 6.07 Å². The molecule has 0 atom stereocenters. The van der Waals surface area contributed by atoms with E-state index in [9.17, 15) is 9.59 Å². The normalized spacial score (nSPS) is 14.5. The van der Waals surface area contributed by atoms with Gasteiger partial charge in [0.05, 0.1) is 0 Å². The molecule has 0 bridgehead atoms. The van der Waals surface area contributed by atoms with Crippen molar-refractivity contribution in [2.75, 3.05) is 6.54 Å². The molecular weight excluding hydrogens is 234 g/mol. The summed E-state index contributed by atoms with van der Waals surface area (Å²) in [6.07, 6.45) is 2.83. The highest BCUT2D eigenvalue weighted by Crippen LogP contribution is 2.39. The molecule has 0 spiro atoms. The summed E-state index contributed by atoms with van der Waals surface area (Å²) in [6.45, 7) is 0.362. The van der Waals surface area contributed by atoms with Gasteiger partial charge < -0.3 is 10.4 Å². The zero-order valence-corrected chi connectivity index (χ0v) is 10.3. The van der Waals surface area contributed by atoms with Gasteiger partial charge in [-0.05, 0) is 25.3 Å². The summed E-state index contributed by atoms with van der Waals surface area (Å²) in [4.78, 5) is 22.1. The highest BCUT2D eigenvalue weighted by molar-refractivity contribution is 5.92. The van der Waals surface area contributed by atoms with Gasteiger partial charge in [-0.25, -0.2) is 0 Å². The first-order valence-corrected chi connectivity index (χ1v) is 6.12. The number of nitrogens with one attached hydrogen (secondary N) is 1. The molecule has 6 nitrogen and oxygen atoms in total. The lowest BCUT2D eigenvalue weighted by atomic mass is 10.2. The van der Waals surface area contributed by atoms with Crippen molar-refractivity contribution >= 4 is 11.9 Å². The number of carboxylic acids is 1. The Morgan fingerprint density at radius 1 is 1.56 bits per heavy atom. The predicted octanol–water partition coefficient (Wildman–Crippen LogP) is 0.892. The predicted molar refractivity (Wildman–Crippen MR) is 64.4 cm³/mol. The summed E-state index contributed by atoms with van der Waals surface area (Å²) in [7, 11) is 1.84. The van der Waals surface area contributed by atoms with Crippen LogP contribution in [0.3, 0.4) is 0 Å². The van der Waals surface area contributed by atoms with Crippen LogP contribution in [0.1, 0.15) is 47.8 Å². The number of hydrogen-bond acceptors (Lipinski definition) is 3. The molecule has 1 amide bonds. The third kappa shape index (κ3) is 3.09. The first-order valence-electron chi connectivity index (χ1n) is 6.12. The van der Waals surface area contributed by atoms with E-state index >= 15 is 0 Å². The fourth-order valence-electron chi connectivity index (χ4n) is 1.89. The molecule has 98 valence electrons.